The first-order valence-electron chi connectivity index (χ1n) is 6.04. The minimum atomic E-state index is -0.102. The number of benzene rings is 1. The maximum atomic E-state index is 12.1. The molecule has 3 N–H and O–H groups in total. The molecule has 21 heavy (non-hydrogen) atoms. The number of nitrogens with one attached hydrogen (secondary N) is 1. The molecule has 0 saturated carbocycles. The van der Waals surface area contributed by atoms with E-state index in [2.05, 4.69) is 10.3 Å². The van der Waals surface area contributed by atoms with Crippen LogP contribution < -0.4 is 11.1 Å². The molecule has 116 valence electrons. The number of hydrogen-bond donors (Lipinski definition) is 2. The molecule has 0 spiro atoms. The van der Waals surface area contributed by atoms with Gasteiger partial charge in [0.15, 0.2) is 0 Å². The Hall–Kier alpha value is -1.30. The van der Waals surface area contributed by atoms with E-state index in [1.165, 1.54) is 0 Å². The number of aryl methyl sites for hydroxylation is 3. The van der Waals surface area contributed by atoms with E-state index in [0.29, 0.717) is 17.8 Å². The molecule has 2 rings (SSSR count). The molecule has 0 saturated heterocycles. The van der Waals surface area contributed by atoms with E-state index < -0.39 is 0 Å². The fraction of sp³-hybridized carbons (Fsp3) is 0.286. The molecule has 0 radical (unpaired) electrons. The van der Waals surface area contributed by atoms with Crippen molar-refractivity contribution >= 4 is 47.7 Å². The third-order valence-electron chi connectivity index (χ3n) is 2.92. The van der Waals surface area contributed by atoms with Gasteiger partial charge in [0.05, 0.1) is 17.2 Å². The summed E-state index contributed by atoms with van der Waals surface area (Å²) in [7, 11) is 0. The molecule has 7 heteroatoms. The van der Waals surface area contributed by atoms with Crippen LogP contribution in [0.5, 0.6) is 0 Å². The first-order valence-corrected chi connectivity index (χ1v) is 6.86. The lowest BCUT2D eigenvalue weighted by Gasteiger charge is -2.08. The van der Waals surface area contributed by atoms with Crippen LogP contribution in [0.25, 0.3) is 0 Å². The second kappa shape index (κ2) is 8.22. The van der Waals surface area contributed by atoms with Gasteiger partial charge in [0, 0.05) is 16.1 Å². The first kappa shape index (κ1) is 19.7. The van der Waals surface area contributed by atoms with Gasteiger partial charge in [-0.3, -0.25) is 4.79 Å². The fourth-order valence-electron chi connectivity index (χ4n) is 1.88. The molecule has 0 bridgehead atoms. The van der Waals surface area contributed by atoms with Crippen molar-refractivity contribution in [2.24, 2.45) is 0 Å². The van der Waals surface area contributed by atoms with Gasteiger partial charge in [-0.2, -0.15) is 0 Å². The lowest BCUT2D eigenvalue weighted by Crippen LogP contribution is -2.23. The van der Waals surface area contributed by atoms with E-state index in [9.17, 15) is 4.79 Å². The molecule has 1 amide bonds. The average Bonchev–Trinajstić information content (AvgIpc) is 2.68. The van der Waals surface area contributed by atoms with Gasteiger partial charge in [0.2, 0.25) is 0 Å². The molecule has 4 nitrogen and oxygen atoms in total. The number of thiazole rings is 1. The van der Waals surface area contributed by atoms with Gasteiger partial charge in [-0.05, 0) is 38.5 Å². The van der Waals surface area contributed by atoms with Gasteiger partial charge >= 0.3 is 0 Å². The number of aromatic nitrogens is 1. The van der Waals surface area contributed by atoms with Crippen LogP contribution in [0.2, 0.25) is 0 Å². The largest absolute Gasteiger partial charge is 0.399 e. The van der Waals surface area contributed by atoms with E-state index in [1.807, 2.05) is 26.8 Å². The third-order valence-corrected chi connectivity index (χ3v) is 3.99. The molecule has 0 unspecified atom stereocenters. The molecular formula is C14H19Cl2N3OS. The molecule has 0 aliphatic heterocycles. The molecule has 0 aliphatic rings. The van der Waals surface area contributed by atoms with Crippen LogP contribution in [0.1, 0.15) is 31.5 Å². The topological polar surface area (TPSA) is 68.0 Å². The lowest BCUT2D eigenvalue weighted by atomic mass is 10.1. The first-order chi connectivity index (χ1) is 8.97. The van der Waals surface area contributed by atoms with E-state index in [0.717, 1.165) is 21.1 Å². The number of halogens is 2. The zero-order chi connectivity index (χ0) is 14.0. The number of rotatable bonds is 3. The maximum Gasteiger partial charge on any atom is 0.251 e. The normalized spacial score (nSPS) is 9.48. The van der Waals surface area contributed by atoms with Gasteiger partial charge in [-0.15, -0.1) is 36.2 Å². The van der Waals surface area contributed by atoms with Crippen molar-refractivity contribution in [3.8, 4) is 0 Å². The van der Waals surface area contributed by atoms with E-state index in [-0.39, 0.29) is 30.7 Å². The smallest absolute Gasteiger partial charge is 0.251 e. The van der Waals surface area contributed by atoms with E-state index in [4.69, 9.17) is 5.73 Å². The summed E-state index contributed by atoms with van der Waals surface area (Å²) in [6.45, 7) is 6.32. The predicted octanol–water partition coefficient (Wildman–Crippen LogP) is 3.42. The number of carbonyl (C=O) groups is 1. The highest BCUT2D eigenvalue weighted by Gasteiger charge is 2.11. The average molecular weight is 348 g/mol. The van der Waals surface area contributed by atoms with Crippen molar-refractivity contribution in [1.29, 1.82) is 0 Å². The van der Waals surface area contributed by atoms with Gasteiger partial charge in [0.25, 0.3) is 5.91 Å². The van der Waals surface area contributed by atoms with Crippen LogP contribution >= 0.6 is 36.2 Å². The summed E-state index contributed by atoms with van der Waals surface area (Å²) in [5.41, 5.74) is 8.83. The molecular weight excluding hydrogens is 329 g/mol. The van der Waals surface area contributed by atoms with Crippen molar-refractivity contribution < 1.29 is 4.79 Å². The minimum Gasteiger partial charge on any atom is -0.399 e. The summed E-state index contributed by atoms with van der Waals surface area (Å²) in [6.07, 6.45) is 0. The van der Waals surface area contributed by atoms with Crippen LogP contribution in [-0.2, 0) is 6.54 Å². The summed E-state index contributed by atoms with van der Waals surface area (Å²) in [5.74, 6) is -0.102. The number of nitrogens with zero attached hydrogens (tertiary/aromatic N) is 1. The predicted molar refractivity (Wildman–Crippen MR) is 92.8 cm³/mol. The summed E-state index contributed by atoms with van der Waals surface area (Å²) in [6, 6.07) is 5.35. The zero-order valence-electron chi connectivity index (χ0n) is 12.1. The van der Waals surface area contributed by atoms with Gasteiger partial charge in [-0.1, -0.05) is 6.07 Å². The Labute approximate surface area is 141 Å². The van der Waals surface area contributed by atoms with Crippen molar-refractivity contribution in [1.82, 2.24) is 10.3 Å². The number of nitrogen functional groups attached to an aromatic ring is 1. The summed E-state index contributed by atoms with van der Waals surface area (Å²) < 4.78 is 0. The quantitative estimate of drug-likeness (QED) is 0.835. The van der Waals surface area contributed by atoms with Crippen LogP contribution in [0.15, 0.2) is 18.2 Å². The molecule has 0 aliphatic carbocycles. The van der Waals surface area contributed by atoms with Crippen LogP contribution in [0, 0.1) is 20.8 Å². The zero-order valence-corrected chi connectivity index (χ0v) is 14.5. The Balaban J connectivity index is 0.00000200. The summed E-state index contributed by atoms with van der Waals surface area (Å²) in [4.78, 5) is 17.6. The number of nitrogens with two attached hydrogens (primary N) is 1. The monoisotopic (exact) mass is 347 g/mol. The Morgan fingerprint density at radius 1 is 1.29 bits per heavy atom. The van der Waals surface area contributed by atoms with Gasteiger partial charge < -0.3 is 11.1 Å². The SMILES string of the molecule is Cc1nc(C)c(CNC(=O)c2cc(N)ccc2C)s1.Cl.Cl. The van der Waals surface area contributed by atoms with Crippen LogP contribution in [0.3, 0.4) is 0 Å². The molecule has 1 aromatic heterocycles. The number of amides is 1. The molecule has 1 heterocycles. The van der Waals surface area contributed by atoms with Crippen LogP contribution in [0.4, 0.5) is 5.69 Å². The number of carbonyl (C=O) groups excluding carboxylic acids is 1. The van der Waals surface area contributed by atoms with Crippen molar-refractivity contribution in [2.75, 3.05) is 5.73 Å². The highest BCUT2D eigenvalue weighted by molar-refractivity contribution is 7.11. The Morgan fingerprint density at radius 2 is 1.95 bits per heavy atom. The fourth-order valence-corrected chi connectivity index (χ4v) is 2.75. The highest BCUT2D eigenvalue weighted by atomic mass is 35.5. The molecule has 0 fully saturated rings. The Kier molecular flexibility index (Phi) is 7.71. The number of anilines is 1. The van der Waals surface area contributed by atoms with Crippen LogP contribution in [-0.4, -0.2) is 10.9 Å². The Morgan fingerprint density at radius 3 is 2.52 bits per heavy atom. The summed E-state index contributed by atoms with van der Waals surface area (Å²) in [5, 5.41) is 3.93. The second-order valence-corrected chi connectivity index (χ2v) is 5.79. The maximum absolute atomic E-state index is 12.1. The molecule has 2 aromatic rings. The van der Waals surface area contributed by atoms with Crippen molar-refractivity contribution in [3.05, 3.63) is 44.9 Å². The third kappa shape index (κ3) is 4.88. The number of hydrogen-bond acceptors (Lipinski definition) is 4. The highest BCUT2D eigenvalue weighted by Crippen LogP contribution is 2.17. The lowest BCUT2D eigenvalue weighted by molar-refractivity contribution is 0.0950. The van der Waals surface area contributed by atoms with Gasteiger partial charge in [0.1, 0.15) is 0 Å². The van der Waals surface area contributed by atoms with E-state index >= 15 is 0 Å². The minimum absolute atomic E-state index is 0. The van der Waals surface area contributed by atoms with Crippen molar-refractivity contribution in [2.45, 2.75) is 27.3 Å². The van der Waals surface area contributed by atoms with Gasteiger partial charge in [-0.25, -0.2) is 4.98 Å². The van der Waals surface area contributed by atoms with Crippen molar-refractivity contribution in [3.63, 3.8) is 0 Å². The van der Waals surface area contributed by atoms with E-state index in [1.54, 1.807) is 23.5 Å². The Bertz CT molecular complexity index is 629. The molecule has 1 aromatic carbocycles. The standard InChI is InChI=1S/C14H17N3OS.2ClH/c1-8-4-5-11(15)6-12(8)14(18)16-7-13-9(2)17-10(3)19-13;;/h4-6H,7,15H2,1-3H3,(H,16,18);2*1H. The summed E-state index contributed by atoms with van der Waals surface area (Å²) >= 11 is 1.61. The molecule has 0 atom stereocenters. The second-order valence-electron chi connectivity index (χ2n) is 4.50.